The number of methoxy groups -OCH3 is 2. The van der Waals surface area contributed by atoms with E-state index in [1.165, 1.54) is 6.08 Å². The number of hydrogen-bond acceptors (Lipinski definition) is 4. The van der Waals surface area contributed by atoms with E-state index in [1.807, 2.05) is 24.3 Å². The molecule has 0 saturated carbocycles. The minimum atomic E-state index is -0.0986. The molecule has 0 radical (unpaired) electrons. The highest BCUT2D eigenvalue weighted by molar-refractivity contribution is 7.90. The summed E-state index contributed by atoms with van der Waals surface area (Å²) < 4.78 is 10.2. The second-order valence-electron chi connectivity index (χ2n) is 4.35. The summed E-state index contributed by atoms with van der Waals surface area (Å²) in [6.45, 7) is 0. The van der Waals surface area contributed by atoms with Crippen LogP contribution in [-0.4, -0.2) is 20.0 Å². The smallest absolute Gasteiger partial charge is 0.186 e. The summed E-state index contributed by atoms with van der Waals surface area (Å²) >= 11 is 4.39. The summed E-state index contributed by atoms with van der Waals surface area (Å²) in [4.78, 5) is 12.8. The standard InChI is InChI=1S/C17H16O3S/c1-19-14-7-3-12(4-8-14)16(18)11-17(21)13-5-9-15(20-2)10-6-13/h3-11,21H,1-2H3. The second-order valence-corrected chi connectivity index (χ2v) is 4.83. The molecular formula is C17H16O3S. The van der Waals surface area contributed by atoms with Gasteiger partial charge in [-0.05, 0) is 48.0 Å². The van der Waals surface area contributed by atoms with Gasteiger partial charge in [0.25, 0.3) is 0 Å². The summed E-state index contributed by atoms with van der Waals surface area (Å²) in [5.41, 5.74) is 1.46. The number of carbonyl (C=O) groups is 1. The molecule has 4 heteroatoms. The van der Waals surface area contributed by atoms with Crippen LogP contribution in [0, 0.1) is 0 Å². The van der Waals surface area contributed by atoms with Crippen LogP contribution in [0.4, 0.5) is 0 Å². The van der Waals surface area contributed by atoms with Gasteiger partial charge in [0.05, 0.1) is 14.2 Å². The van der Waals surface area contributed by atoms with Gasteiger partial charge in [0.1, 0.15) is 11.5 Å². The monoisotopic (exact) mass is 300 g/mol. The Morgan fingerprint density at radius 2 is 1.29 bits per heavy atom. The first-order chi connectivity index (χ1) is 10.1. The summed E-state index contributed by atoms with van der Waals surface area (Å²) in [6.07, 6.45) is 1.51. The molecule has 3 nitrogen and oxygen atoms in total. The quantitative estimate of drug-likeness (QED) is 0.517. The van der Waals surface area contributed by atoms with Crippen molar-refractivity contribution in [3.8, 4) is 11.5 Å². The van der Waals surface area contributed by atoms with Crippen molar-refractivity contribution in [2.24, 2.45) is 0 Å². The zero-order valence-electron chi connectivity index (χ0n) is 11.9. The lowest BCUT2D eigenvalue weighted by molar-refractivity contribution is 0.104. The van der Waals surface area contributed by atoms with Crippen molar-refractivity contribution >= 4 is 23.3 Å². The first-order valence-electron chi connectivity index (χ1n) is 6.37. The molecule has 108 valence electrons. The van der Waals surface area contributed by atoms with Gasteiger partial charge >= 0.3 is 0 Å². The Kier molecular flexibility index (Phi) is 5.06. The third-order valence-corrected chi connectivity index (χ3v) is 3.42. The fourth-order valence-corrected chi connectivity index (χ4v) is 2.07. The van der Waals surface area contributed by atoms with Crippen LogP contribution in [0.5, 0.6) is 11.5 Å². The Hall–Kier alpha value is -2.20. The number of thiol groups is 1. The van der Waals surface area contributed by atoms with Gasteiger partial charge in [-0.3, -0.25) is 4.79 Å². The van der Waals surface area contributed by atoms with E-state index in [4.69, 9.17) is 9.47 Å². The first kappa shape index (κ1) is 15.2. The van der Waals surface area contributed by atoms with E-state index in [1.54, 1.807) is 38.5 Å². The summed E-state index contributed by atoms with van der Waals surface area (Å²) in [7, 11) is 3.20. The molecule has 0 fully saturated rings. The van der Waals surface area contributed by atoms with Gasteiger partial charge in [-0.2, -0.15) is 0 Å². The number of ether oxygens (including phenoxy) is 2. The van der Waals surface area contributed by atoms with Crippen molar-refractivity contribution < 1.29 is 14.3 Å². The van der Waals surface area contributed by atoms with Crippen LogP contribution in [0.1, 0.15) is 15.9 Å². The highest BCUT2D eigenvalue weighted by Gasteiger charge is 2.05. The van der Waals surface area contributed by atoms with Crippen molar-refractivity contribution in [2.75, 3.05) is 14.2 Å². The van der Waals surface area contributed by atoms with Gasteiger partial charge in [0.2, 0.25) is 0 Å². The molecule has 0 bridgehead atoms. The zero-order chi connectivity index (χ0) is 15.2. The minimum absolute atomic E-state index is 0.0986. The molecular weight excluding hydrogens is 284 g/mol. The number of hydrogen-bond donors (Lipinski definition) is 1. The van der Waals surface area contributed by atoms with Crippen LogP contribution < -0.4 is 9.47 Å². The van der Waals surface area contributed by atoms with Crippen molar-refractivity contribution in [2.45, 2.75) is 0 Å². The van der Waals surface area contributed by atoms with Gasteiger partial charge in [0, 0.05) is 10.5 Å². The molecule has 0 aliphatic carbocycles. The van der Waals surface area contributed by atoms with Gasteiger partial charge in [-0.15, -0.1) is 12.6 Å². The van der Waals surface area contributed by atoms with Crippen molar-refractivity contribution in [3.63, 3.8) is 0 Å². The maximum Gasteiger partial charge on any atom is 0.186 e. The van der Waals surface area contributed by atoms with Gasteiger partial charge < -0.3 is 9.47 Å². The lowest BCUT2D eigenvalue weighted by atomic mass is 10.1. The molecule has 2 rings (SSSR count). The largest absolute Gasteiger partial charge is 0.497 e. The predicted molar refractivity (Wildman–Crippen MR) is 87.3 cm³/mol. The van der Waals surface area contributed by atoms with Gasteiger partial charge in [0.15, 0.2) is 5.78 Å². The average Bonchev–Trinajstić information content (AvgIpc) is 2.55. The fraction of sp³-hybridized carbons (Fsp3) is 0.118. The summed E-state index contributed by atoms with van der Waals surface area (Å²) in [5, 5.41) is 0. The van der Waals surface area contributed by atoms with E-state index in [-0.39, 0.29) is 5.78 Å². The maximum absolute atomic E-state index is 12.2. The summed E-state index contributed by atoms with van der Waals surface area (Å²) in [6, 6.07) is 14.4. The molecule has 0 atom stereocenters. The van der Waals surface area contributed by atoms with Crippen LogP contribution in [0.3, 0.4) is 0 Å². The molecule has 0 heterocycles. The highest BCUT2D eigenvalue weighted by atomic mass is 32.1. The zero-order valence-corrected chi connectivity index (χ0v) is 12.8. The second kappa shape index (κ2) is 6.99. The molecule has 0 aliphatic rings. The number of carbonyl (C=O) groups excluding carboxylic acids is 1. The van der Waals surface area contributed by atoms with Crippen LogP contribution in [-0.2, 0) is 0 Å². The van der Waals surface area contributed by atoms with Gasteiger partial charge in [-0.1, -0.05) is 12.1 Å². The Morgan fingerprint density at radius 1 is 0.857 bits per heavy atom. The Morgan fingerprint density at radius 3 is 1.71 bits per heavy atom. The average molecular weight is 300 g/mol. The molecule has 0 spiro atoms. The number of rotatable bonds is 5. The van der Waals surface area contributed by atoms with E-state index >= 15 is 0 Å². The normalized spacial score (nSPS) is 11.1. The lowest BCUT2D eigenvalue weighted by Crippen LogP contribution is -1.95. The molecule has 0 unspecified atom stereocenters. The Balaban J connectivity index is 2.17. The van der Waals surface area contributed by atoms with Crippen LogP contribution in [0.25, 0.3) is 4.91 Å². The van der Waals surface area contributed by atoms with E-state index in [9.17, 15) is 4.79 Å². The highest BCUT2D eigenvalue weighted by Crippen LogP contribution is 2.22. The van der Waals surface area contributed by atoms with E-state index < -0.39 is 0 Å². The molecule has 2 aromatic carbocycles. The number of ketones is 1. The van der Waals surface area contributed by atoms with Gasteiger partial charge in [-0.25, -0.2) is 0 Å². The lowest BCUT2D eigenvalue weighted by Gasteiger charge is -2.04. The van der Waals surface area contributed by atoms with Crippen molar-refractivity contribution in [1.82, 2.24) is 0 Å². The van der Waals surface area contributed by atoms with Crippen LogP contribution >= 0.6 is 12.6 Å². The molecule has 0 amide bonds. The third kappa shape index (κ3) is 3.89. The molecule has 0 saturated heterocycles. The van der Waals surface area contributed by atoms with Crippen molar-refractivity contribution in [3.05, 3.63) is 65.7 Å². The molecule has 0 aliphatic heterocycles. The molecule has 0 aromatic heterocycles. The third-order valence-electron chi connectivity index (χ3n) is 3.03. The Labute approximate surface area is 129 Å². The molecule has 21 heavy (non-hydrogen) atoms. The maximum atomic E-state index is 12.2. The van der Waals surface area contributed by atoms with Crippen LogP contribution in [0.15, 0.2) is 54.6 Å². The SMILES string of the molecule is COc1ccc(C(=O)C=C(S)c2ccc(OC)cc2)cc1. The van der Waals surface area contributed by atoms with E-state index in [0.29, 0.717) is 10.5 Å². The molecule has 0 N–H and O–H groups in total. The van der Waals surface area contributed by atoms with Crippen LogP contribution in [0.2, 0.25) is 0 Å². The molecule has 2 aromatic rings. The van der Waals surface area contributed by atoms with Crippen molar-refractivity contribution in [1.29, 1.82) is 0 Å². The Bertz CT molecular complexity index is 643. The minimum Gasteiger partial charge on any atom is -0.497 e. The fourth-order valence-electron chi connectivity index (χ4n) is 1.81. The topological polar surface area (TPSA) is 35.5 Å². The predicted octanol–water partition coefficient (Wildman–Crippen LogP) is 3.86. The summed E-state index contributed by atoms with van der Waals surface area (Å²) in [5.74, 6) is 1.39. The van der Waals surface area contributed by atoms with E-state index in [0.717, 1.165) is 17.1 Å². The number of allylic oxidation sites excluding steroid dienone is 1. The number of benzene rings is 2. The first-order valence-corrected chi connectivity index (χ1v) is 6.82. The van der Waals surface area contributed by atoms with E-state index in [2.05, 4.69) is 12.6 Å².